The molecule has 0 amide bonds. The number of rotatable bonds is 5. The van der Waals surface area contributed by atoms with Crippen molar-refractivity contribution in [1.82, 2.24) is 4.98 Å². The van der Waals surface area contributed by atoms with E-state index in [-0.39, 0.29) is 6.61 Å². The number of aromatic nitrogens is 1. The van der Waals surface area contributed by atoms with Crippen LogP contribution < -0.4 is 0 Å². The zero-order valence-corrected chi connectivity index (χ0v) is 12.3. The normalized spacial score (nSPS) is 11.7. The Kier molecular flexibility index (Phi) is 4.34. The summed E-state index contributed by atoms with van der Waals surface area (Å²) in [4.78, 5) is 4.34. The second-order valence-corrected chi connectivity index (χ2v) is 6.92. The minimum Gasteiger partial charge on any atom is -0.353 e. The zero-order valence-electron chi connectivity index (χ0n) is 10.7. The Bertz CT molecular complexity index is 648. The Labute approximate surface area is 117 Å². The van der Waals surface area contributed by atoms with Gasteiger partial charge >= 0.3 is 0 Å². The summed E-state index contributed by atoms with van der Waals surface area (Å²) in [6, 6.07) is 11.9. The maximum Gasteiger partial charge on any atom is 0.264 e. The first-order valence-electron chi connectivity index (χ1n) is 5.70. The van der Waals surface area contributed by atoms with Gasteiger partial charge in [-0.05, 0) is 25.1 Å². The molecule has 2 aromatic rings. The van der Waals surface area contributed by atoms with Crippen molar-refractivity contribution in [3.8, 4) is 0 Å². The van der Waals surface area contributed by atoms with Gasteiger partial charge in [-0.3, -0.25) is 4.18 Å². The molecule has 1 aromatic carbocycles. The lowest BCUT2D eigenvalue weighted by Gasteiger charge is -1.99. The Morgan fingerprint density at radius 2 is 1.95 bits per heavy atom. The van der Waals surface area contributed by atoms with Crippen molar-refractivity contribution in [2.45, 2.75) is 23.5 Å². The van der Waals surface area contributed by atoms with Crippen LogP contribution in [-0.4, -0.2) is 19.7 Å². The Balaban J connectivity index is 2.08. The molecule has 0 aliphatic rings. The van der Waals surface area contributed by atoms with Gasteiger partial charge in [-0.15, -0.1) is 0 Å². The molecule has 1 heterocycles. The molecule has 0 saturated carbocycles. The molecule has 0 atom stereocenters. The number of aryl methyl sites for hydroxylation is 1. The second-order valence-electron chi connectivity index (χ2n) is 4.17. The fraction of sp³-hybridized carbons (Fsp3) is 0.231. The molecule has 2 rings (SSSR count). The summed E-state index contributed by atoms with van der Waals surface area (Å²) in [7, 11) is -3.41. The summed E-state index contributed by atoms with van der Waals surface area (Å²) in [6.45, 7) is 1.96. The van der Waals surface area contributed by atoms with Crippen molar-refractivity contribution < 1.29 is 12.6 Å². The molecule has 0 radical (unpaired) electrons. The Morgan fingerprint density at radius 1 is 1.26 bits per heavy atom. The van der Waals surface area contributed by atoms with Gasteiger partial charge in [0.25, 0.3) is 10.1 Å². The monoisotopic (exact) mass is 297 g/mol. The van der Waals surface area contributed by atoms with E-state index in [1.54, 1.807) is 11.8 Å². The predicted molar refractivity (Wildman–Crippen MR) is 75.7 cm³/mol. The molecule has 0 spiro atoms. The average molecular weight is 297 g/mol. The first-order valence-corrected chi connectivity index (χ1v) is 8.33. The average Bonchev–Trinajstić information content (AvgIpc) is 2.67. The minimum atomic E-state index is -3.41. The standard InChI is InChI=1S/C13H15NO3S2/c1-10-11(9-17-19(2,15)16)8-13(14-10)18-12-6-4-3-5-7-12/h3-8,14H,9H2,1-2H3. The van der Waals surface area contributed by atoms with Crippen molar-refractivity contribution in [3.05, 3.63) is 47.7 Å². The van der Waals surface area contributed by atoms with Crippen molar-refractivity contribution in [2.24, 2.45) is 0 Å². The van der Waals surface area contributed by atoms with Crippen molar-refractivity contribution >= 4 is 21.9 Å². The zero-order chi connectivity index (χ0) is 13.9. The molecule has 102 valence electrons. The van der Waals surface area contributed by atoms with E-state index in [9.17, 15) is 8.42 Å². The lowest BCUT2D eigenvalue weighted by atomic mass is 10.3. The summed E-state index contributed by atoms with van der Waals surface area (Å²) < 4.78 is 26.8. The van der Waals surface area contributed by atoms with Gasteiger partial charge in [0.15, 0.2) is 0 Å². The van der Waals surface area contributed by atoms with Crippen LogP contribution in [-0.2, 0) is 20.9 Å². The lowest BCUT2D eigenvalue weighted by Crippen LogP contribution is -2.02. The Hall–Kier alpha value is -1.24. The molecule has 19 heavy (non-hydrogen) atoms. The quantitative estimate of drug-likeness (QED) is 0.862. The number of hydrogen-bond donors (Lipinski definition) is 1. The number of aromatic amines is 1. The fourth-order valence-electron chi connectivity index (χ4n) is 1.56. The molecular formula is C13H15NO3S2. The highest BCUT2D eigenvalue weighted by atomic mass is 32.2. The third-order valence-electron chi connectivity index (χ3n) is 2.50. The van der Waals surface area contributed by atoms with E-state index in [2.05, 4.69) is 4.98 Å². The number of nitrogens with one attached hydrogen (secondary N) is 1. The molecule has 6 heteroatoms. The topological polar surface area (TPSA) is 59.2 Å². The van der Waals surface area contributed by atoms with E-state index < -0.39 is 10.1 Å². The van der Waals surface area contributed by atoms with Crippen LogP contribution in [0.15, 0.2) is 46.3 Å². The SMILES string of the molecule is Cc1[nH]c(Sc2ccccc2)cc1COS(C)(=O)=O. The molecule has 0 fully saturated rings. The van der Waals surface area contributed by atoms with Crippen molar-refractivity contribution in [2.75, 3.05) is 6.26 Å². The molecule has 0 aliphatic heterocycles. The van der Waals surface area contributed by atoms with Gasteiger partial charge in [-0.2, -0.15) is 8.42 Å². The van der Waals surface area contributed by atoms with Crippen LogP contribution in [0.1, 0.15) is 11.3 Å². The van der Waals surface area contributed by atoms with Crippen LogP contribution in [0.2, 0.25) is 0 Å². The van der Waals surface area contributed by atoms with Crippen molar-refractivity contribution in [1.29, 1.82) is 0 Å². The molecule has 1 N–H and O–H groups in total. The van der Waals surface area contributed by atoms with Gasteiger partial charge < -0.3 is 4.98 Å². The van der Waals surface area contributed by atoms with E-state index in [4.69, 9.17) is 4.18 Å². The summed E-state index contributed by atoms with van der Waals surface area (Å²) in [5, 5.41) is 0.968. The van der Waals surface area contributed by atoms with Crippen LogP contribution in [0, 0.1) is 6.92 Å². The molecule has 4 nitrogen and oxygen atoms in total. The highest BCUT2D eigenvalue weighted by Gasteiger charge is 2.09. The fourth-order valence-corrected chi connectivity index (χ4v) is 2.85. The smallest absolute Gasteiger partial charge is 0.264 e. The highest BCUT2D eigenvalue weighted by Crippen LogP contribution is 2.28. The van der Waals surface area contributed by atoms with Crippen molar-refractivity contribution in [3.63, 3.8) is 0 Å². The summed E-state index contributed by atoms with van der Waals surface area (Å²) in [5.41, 5.74) is 1.77. The molecular weight excluding hydrogens is 282 g/mol. The maximum absolute atomic E-state index is 11.0. The third kappa shape index (κ3) is 4.41. The maximum atomic E-state index is 11.0. The van der Waals surface area contributed by atoms with Gasteiger partial charge in [0, 0.05) is 16.2 Å². The van der Waals surface area contributed by atoms with E-state index >= 15 is 0 Å². The van der Waals surface area contributed by atoms with Gasteiger partial charge in [-0.25, -0.2) is 0 Å². The van der Waals surface area contributed by atoms with Gasteiger partial charge in [0.2, 0.25) is 0 Å². The van der Waals surface area contributed by atoms with E-state index in [1.807, 2.05) is 43.3 Å². The number of benzene rings is 1. The first-order chi connectivity index (χ1) is 8.94. The molecule has 0 bridgehead atoms. The highest BCUT2D eigenvalue weighted by molar-refractivity contribution is 7.99. The number of H-pyrrole nitrogens is 1. The van der Waals surface area contributed by atoms with Crippen LogP contribution in [0.5, 0.6) is 0 Å². The summed E-state index contributed by atoms with van der Waals surface area (Å²) in [5.74, 6) is 0. The first kappa shape index (κ1) is 14.2. The lowest BCUT2D eigenvalue weighted by molar-refractivity contribution is 0.311. The minimum absolute atomic E-state index is 0.0660. The predicted octanol–water partition coefficient (Wildman–Crippen LogP) is 2.95. The molecule has 0 unspecified atom stereocenters. The number of hydrogen-bond acceptors (Lipinski definition) is 4. The van der Waals surface area contributed by atoms with Gasteiger partial charge in [-0.1, -0.05) is 30.0 Å². The Morgan fingerprint density at radius 3 is 2.58 bits per heavy atom. The van der Waals surface area contributed by atoms with Gasteiger partial charge in [0.05, 0.1) is 17.9 Å². The van der Waals surface area contributed by atoms with Gasteiger partial charge in [0.1, 0.15) is 0 Å². The van der Waals surface area contributed by atoms with Crippen LogP contribution in [0.25, 0.3) is 0 Å². The van der Waals surface area contributed by atoms with Crippen LogP contribution >= 0.6 is 11.8 Å². The van der Waals surface area contributed by atoms with Crippen LogP contribution in [0.4, 0.5) is 0 Å². The summed E-state index contributed by atoms with van der Waals surface area (Å²) in [6.07, 6.45) is 1.05. The third-order valence-corrected chi connectivity index (χ3v) is 3.99. The van der Waals surface area contributed by atoms with Crippen LogP contribution in [0.3, 0.4) is 0 Å². The molecule has 1 aromatic heterocycles. The summed E-state index contributed by atoms with van der Waals surface area (Å²) >= 11 is 1.60. The second kappa shape index (κ2) is 5.81. The molecule has 0 saturated heterocycles. The largest absolute Gasteiger partial charge is 0.353 e. The molecule has 0 aliphatic carbocycles. The van der Waals surface area contributed by atoms with E-state index in [1.165, 1.54) is 0 Å². The van der Waals surface area contributed by atoms with E-state index in [0.717, 1.165) is 27.4 Å². The van der Waals surface area contributed by atoms with E-state index in [0.29, 0.717) is 0 Å².